The highest BCUT2D eigenvalue weighted by Crippen LogP contribution is 2.30. The first-order chi connectivity index (χ1) is 13.2. The van der Waals surface area contributed by atoms with E-state index in [0.717, 1.165) is 55.5 Å². The number of hydrogen-bond donors (Lipinski definition) is 0. The summed E-state index contributed by atoms with van der Waals surface area (Å²) in [6, 6.07) is 6.11. The highest BCUT2D eigenvalue weighted by atomic mass is 15.2. The van der Waals surface area contributed by atoms with Gasteiger partial charge in [-0.3, -0.25) is 19.4 Å². The average molecular weight is 362 g/mol. The van der Waals surface area contributed by atoms with E-state index in [2.05, 4.69) is 50.4 Å². The van der Waals surface area contributed by atoms with Crippen LogP contribution in [0.25, 0.3) is 5.82 Å². The number of pyridine rings is 1. The van der Waals surface area contributed by atoms with E-state index in [4.69, 9.17) is 4.98 Å². The molecule has 0 unspecified atom stereocenters. The summed E-state index contributed by atoms with van der Waals surface area (Å²) in [5.74, 6) is 2.65. The van der Waals surface area contributed by atoms with Crippen LogP contribution in [-0.2, 0) is 6.54 Å². The number of hydrogen-bond acceptors (Lipinski definition) is 5. The molecule has 1 fully saturated rings. The van der Waals surface area contributed by atoms with Crippen LogP contribution in [0.2, 0.25) is 0 Å². The van der Waals surface area contributed by atoms with Gasteiger partial charge in [0.25, 0.3) is 0 Å². The van der Waals surface area contributed by atoms with E-state index in [0.29, 0.717) is 11.8 Å². The van der Waals surface area contributed by atoms with Gasteiger partial charge in [-0.15, -0.1) is 0 Å². The Hall–Kier alpha value is -2.60. The van der Waals surface area contributed by atoms with Gasteiger partial charge in [-0.2, -0.15) is 0 Å². The molecule has 4 rings (SSSR count). The fourth-order valence-corrected chi connectivity index (χ4v) is 3.88. The first-order valence-electron chi connectivity index (χ1n) is 9.69. The zero-order chi connectivity index (χ0) is 18.6. The molecular weight excluding hydrogens is 336 g/mol. The Balaban J connectivity index is 1.59. The molecule has 6 heteroatoms. The molecule has 0 radical (unpaired) electrons. The Morgan fingerprint density at radius 1 is 1.04 bits per heavy atom. The predicted molar refractivity (Wildman–Crippen MR) is 105 cm³/mol. The molecule has 0 bridgehead atoms. The van der Waals surface area contributed by atoms with Crippen molar-refractivity contribution in [2.45, 2.75) is 45.1 Å². The quantitative estimate of drug-likeness (QED) is 0.694. The lowest BCUT2D eigenvalue weighted by Gasteiger charge is -2.32. The fourth-order valence-electron chi connectivity index (χ4n) is 3.88. The van der Waals surface area contributed by atoms with Crippen molar-refractivity contribution in [3.8, 4) is 5.82 Å². The van der Waals surface area contributed by atoms with Crippen molar-refractivity contribution in [1.82, 2.24) is 29.4 Å². The van der Waals surface area contributed by atoms with Gasteiger partial charge in [0.2, 0.25) is 0 Å². The summed E-state index contributed by atoms with van der Waals surface area (Å²) < 4.78 is 2.10. The van der Waals surface area contributed by atoms with E-state index in [-0.39, 0.29) is 0 Å². The van der Waals surface area contributed by atoms with Crippen molar-refractivity contribution >= 4 is 0 Å². The van der Waals surface area contributed by atoms with Crippen LogP contribution < -0.4 is 0 Å². The predicted octanol–water partition coefficient (Wildman–Crippen LogP) is 3.56. The molecule has 3 aromatic rings. The van der Waals surface area contributed by atoms with Crippen molar-refractivity contribution in [1.29, 1.82) is 0 Å². The van der Waals surface area contributed by atoms with Crippen molar-refractivity contribution in [2.24, 2.45) is 0 Å². The Kier molecular flexibility index (Phi) is 5.25. The van der Waals surface area contributed by atoms with E-state index in [1.54, 1.807) is 6.20 Å². The third-order valence-corrected chi connectivity index (χ3v) is 5.12. The molecule has 140 valence electrons. The van der Waals surface area contributed by atoms with Gasteiger partial charge in [0, 0.05) is 55.9 Å². The highest BCUT2D eigenvalue weighted by molar-refractivity contribution is 5.33. The van der Waals surface area contributed by atoms with Crippen LogP contribution in [0.3, 0.4) is 0 Å². The number of nitrogens with zero attached hydrogens (tertiary/aromatic N) is 6. The maximum atomic E-state index is 4.75. The van der Waals surface area contributed by atoms with Crippen LogP contribution in [0.1, 0.15) is 55.7 Å². The molecule has 0 saturated carbocycles. The standard InChI is InChI=1S/C21H26N6/c1-16(2)20-25-11-13-27(20)21-19(23-9-10-24-21)17-6-5-12-26(14-17)15-18-7-3-4-8-22-18/h3-4,7-11,13,16-17H,5-6,12,14-15H2,1-2H3/t17-/m1/s1. The first kappa shape index (κ1) is 17.8. The summed E-state index contributed by atoms with van der Waals surface area (Å²) in [5.41, 5.74) is 2.19. The van der Waals surface area contributed by atoms with Crippen molar-refractivity contribution in [3.05, 3.63) is 66.4 Å². The smallest absolute Gasteiger partial charge is 0.160 e. The Morgan fingerprint density at radius 2 is 1.93 bits per heavy atom. The molecule has 0 spiro atoms. The maximum absolute atomic E-state index is 4.75. The van der Waals surface area contributed by atoms with Crippen molar-refractivity contribution in [3.63, 3.8) is 0 Å². The zero-order valence-electron chi connectivity index (χ0n) is 16.0. The molecule has 1 atom stereocenters. The molecule has 1 aliphatic heterocycles. The molecule has 27 heavy (non-hydrogen) atoms. The van der Waals surface area contributed by atoms with Gasteiger partial charge in [-0.05, 0) is 31.5 Å². The second-order valence-electron chi connectivity index (χ2n) is 7.47. The Labute approximate surface area is 160 Å². The van der Waals surface area contributed by atoms with Gasteiger partial charge in [0.1, 0.15) is 5.82 Å². The lowest BCUT2D eigenvalue weighted by Crippen LogP contribution is -2.35. The number of rotatable bonds is 5. The summed E-state index contributed by atoms with van der Waals surface area (Å²) in [6.45, 7) is 7.28. The molecule has 0 amide bonds. The van der Waals surface area contributed by atoms with Crippen LogP contribution in [0.5, 0.6) is 0 Å². The molecule has 1 saturated heterocycles. The fraction of sp³-hybridized carbons (Fsp3) is 0.429. The Bertz CT molecular complexity index is 873. The topological polar surface area (TPSA) is 59.7 Å². The van der Waals surface area contributed by atoms with E-state index < -0.39 is 0 Å². The first-order valence-corrected chi connectivity index (χ1v) is 9.69. The van der Waals surface area contributed by atoms with Gasteiger partial charge in [-0.25, -0.2) is 9.97 Å². The van der Waals surface area contributed by atoms with E-state index in [1.165, 1.54) is 0 Å². The molecule has 0 aliphatic carbocycles. The van der Waals surface area contributed by atoms with Gasteiger partial charge in [0.15, 0.2) is 5.82 Å². The SMILES string of the molecule is CC(C)c1nccn1-c1nccnc1[C@@H]1CCCN(Cc2ccccn2)C1. The van der Waals surface area contributed by atoms with Crippen LogP contribution >= 0.6 is 0 Å². The third-order valence-electron chi connectivity index (χ3n) is 5.12. The van der Waals surface area contributed by atoms with Crippen LogP contribution in [-0.4, -0.2) is 42.5 Å². The average Bonchev–Trinajstić information content (AvgIpc) is 3.19. The normalized spacial score (nSPS) is 18.1. The molecule has 0 N–H and O–H groups in total. The van der Waals surface area contributed by atoms with Crippen LogP contribution in [0, 0.1) is 0 Å². The third kappa shape index (κ3) is 3.90. The summed E-state index contributed by atoms with van der Waals surface area (Å²) >= 11 is 0. The number of imidazole rings is 1. The molecule has 6 nitrogen and oxygen atoms in total. The molecule has 1 aliphatic rings. The number of likely N-dealkylation sites (tertiary alicyclic amines) is 1. The minimum atomic E-state index is 0.335. The van der Waals surface area contributed by atoms with Crippen molar-refractivity contribution < 1.29 is 0 Å². The lowest BCUT2D eigenvalue weighted by molar-refractivity contribution is 0.196. The van der Waals surface area contributed by atoms with Crippen LogP contribution in [0.4, 0.5) is 0 Å². The van der Waals surface area contributed by atoms with Gasteiger partial charge in [0.05, 0.1) is 11.4 Å². The molecule has 4 heterocycles. The maximum Gasteiger partial charge on any atom is 0.160 e. The summed E-state index contributed by atoms with van der Waals surface area (Å²) in [6.07, 6.45) is 11.6. The molecule has 0 aromatic carbocycles. The summed E-state index contributed by atoms with van der Waals surface area (Å²) in [4.78, 5) is 20.9. The second-order valence-corrected chi connectivity index (χ2v) is 7.47. The highest BCUT2D eigenvalue weighted by Gasteiger charge is 2.26. The second kappa shape index (κ2) is 7.96. The lowest BCUT2D eigenvalue weighted by atomic mass is 9.94. The monoisotopic (exact) mass is 362 g/mol. The van der Waals surface area contributed by atoms with Gasteiger partial charge < -0.3 is 0 Å². The number of aromatic nitrogens is 5. The minimum absolute atomic E-state index is 0.335. The summed E-state index contributed by atoms with van der Waals surface area (Å²) in [5, 5.41) is 0. The van der Waals surface area contributed by atoms with Crippen molar-refractivity contribution in [2.75, 3.05) is 13.1 Å². The van der Waals surface area contributed by atoms with E-state index in [9.17, 15) is 0 Å². The largest absolute Gasteiger partial charge is 0.297 e. The molecular formula is C21H26N6. The van der Waals surface area contributed by atoms with Crippen LogP contribution in [0.15, 0.2) is 49.2 Å². The van der Waals surface area contributed by atoms with E-state index in [1.807, 2.05) is 30.9 Å². The molecule has 3 aromatic heterocycles. The summed E-state index contributed by atoms with van der Waals surface area (Å²) in [7, 11) is 0. The Morgan fingerprint density at radius 3 is 2.74 bits per heavy atom. The van der Waals surface area contributed by atoms with Gasteiger partial charge in [-0.1, -0.05) is 19.9 Å². The van der Waals surface area contributed by atoms with E-state index >= 15 is 0 Å². The van der Waals surface area contributed by atoms with Gasteiger partial charge >= 0.3 is 0 Å². The minimum Gasteiger partial charge on any atom is -0.297 e. The zero-order valence-corrected chi connectivity index (χ0v) is 16.0. The number of piperidine rings is 1.